The molecule has 2 aromatic rings. The number of rotatable bonds is 4. The molecule has 1 heterocycles. The van der Waals surface area contributed by atoms with Crippen LogP contribution in [0.5, 0.6) is 0 Å². The highest BCUT2D eigenvalue weighted by Crippen LogP contribution is 2.44. The van der Waals surface area contributed by atoms with Crippen molar-refractivity contribution in [1.29, 1.82) is 0 Å². The zero-order chi connectivity index (χ0) is 20.3. The zero-order valence-corrected chi connectivity index (χ0v) is 16.7. The van der Waals surface area contributed by atoms with Crippen LogP contribution in [-0.2, 0) is 19.1 Å². The van der Waals surface area contributed by atoms with Gasteiger partial charge in [-0.25, -0.2) is 0 Å². The van der Waals surface area contributed by atoms with E-state index in [-0.39, 0.29) is 18.0 Å². The van der Waals surface area contributed by atoms with Gasteiger partial charge >= 0.3 is 11.9 Å². The van der Waals surface area contributed by atoms with Gasteiger partial charge in [0.05, 0.1) is 13.0 Å². The number of hydrogen-bond donors (Lipinski definition) is 1. The predicted molar refractivity (Wildman–Crippen MR) is 107 cm³/mol. The van der Waals surface area contributed by atoms with E-state index in [9.17, 15) is 9.59 Å². The molecular formula is C23H27NO4. The maximum absolute atomic E-state index is 13.3. The molecule has 4 atom stereocenters. The van der Waals surface area contributed by atoms with Gasteiger partial charge in [-0.05, 0) is 31.9 Å². The molecule has 0 amide bonds. The Hall–Kier alpha value is -2.66. The lowest BCUT2D eigenvalue weighted by atomic mass is 9.80. The minimum Gasteiger partial charge on any atom is -0.468 e. The molecule has 2 unspecified atom stereocenters. The average Bonchev–Trinajstić information content (AvgIpc) is 3.08. The fraction of sp³-hybridized carbons (Fsp3) is 0.391. The number of hydrogen-bond acceptors (Lipinski definition) is 5. The first-order valence-electron chi connectivity index (χ1n) is 9.48. The molecule has 0 bridgehead atoms. The highest BCUT2D eigenvalue weighted by Gasteiger charge is 2.52. The topological polar surface area (TPSA) is 64.6 Å². The molecule has 0 spiro atoms. The minimum absolute atomic E-state index is 0.325. The third-order valence-electron chi connectivity index (χ3n) is 4.94. The van der Waals surface area contributed by atoms with Crippen LogP contribution in [0.15, 0.2) is 60.7 Å². The second-order valence-corrected chi connectivity index (χ2v) is 8.05. The van der Waals surface area contributed by atoms with Crippen LogP contribution in [0, 0.1) is 5.92 Å². The van der Waals surface area contributed by atoms with Crippen molar-refractivity contribution in [2.45, 2.75) is 44.4 Å². The van der Waals surface area contributed by atoms with Crippen molar-refractivity contribution in [3.63, 3.8) is 0 Å². The monoisotopic (exact) mass is 381 g/mol. The summed E-state index contributed by atoms with van der Waals surface area (Å²) in [4.78, 5) is 25.9. The molecule has 0 radical (unpaired) electrons. The number of nitrogens with one attached hydrogen (secondary N) is 1. The molecule has 1 fully saturated rings. The number of ether oxygens (including phenoxy) is 2. The Bertz CT molecular complexity index is 814. The Balaban J connectivity index is 2.09. The van der Waals surface area contributed by atoms with Crippen molar-refractivity contribution in [2.75, 3.05) is 7.11 Å². The average molecular weight is 381 g/mol. The second kappa shape index (κ2) is 8.15. The summed E-state index contributed by atoms with van der Waals surface area (Å²) in [6.45, 7) is 5.54. The predicted octanol–water partition coefficient (Wildman–Crippen LogP) is 3.61. The van der Waals surface area contributed by atoms with Gasteiger partial charge in [0.2, 0.25) is 0 Å². The third-order valence-corrected chi connectivity index (χ3v) is 4.94. The van der Waals surface area contributed by atoms with Crippen molar-refractivity contribution in [2.24, 2.45) is 5.92 Å². The van der Waals surface area contributed by atoms with Crippen LogP contribution < -0.4 is 5.32 Å². The highest BCUT2D eigenvalue weighted by atomic mass is 16.6. The summed E-state index contributed by atoms with van der Waals surface area (Å²) in [5.74, 6) is -1.67. The van der Waals surface area contributed by atoms with E-state index in [0.29, 0.717) is 0 Å². The SMILES string of the molecule is COC(=O)[C@@H]1N[C@H](c2ccccc2)C(C(=O)OC(C)(C)C)C1c1ccccc1. The van der Waals surface area contributed by atoms with Gasteiger partial charge in [-0.3, -0.25) is 14.9 Å². The lowest BCUT2D eigenvalue weighted by Crippen LogP contribution is -2.37. The van der Waals surface area contributed by atoms with Gasteiger partial charge in [0.25, 0.3) is 0 Å². The molecule has 5 nitrogen and oxygen atoms in total. The lowest BCUT2D eigenvalue weighted by Gasteiger charge is -2.28. The van der Waals surface area contributed by atoms with E-state index >= 15 is 0 Å². The highest BCUT2D eigenvalue weighted by molar-refractivity contribution is 5.83. The van der Waals surface area contributed by atoms with Crippen LogP contribution in [0.25, 0.3) is 0 Å². The van der Waals surface area contributed by atoms with Crippen LogP contribution in [0.4, 0.5) is 0 Å². The van der Waals surface area contributed by atoms with Crippen LogP contribution in [0.1, 0.15) is 43.9 Å². The van der Waals surface area contributed by atoms with Crippen molar-refractivity contribution >= 4 is 11.9 Å². The largest absolute Gasteiger partial charge is 0.468 e. The number of benzene rings is 2. The molecule has 0 saturated carbocycles. The van der Waals surface area contributed by atoms with E-state index in [1.807, 2.05) is 81.4 Å². The van der Waals surface area contributed by atoms with Gasteiger partial charge in [-0.2, -0.15) is 0 Å². The molecule has 2 aromatic carbocycles. The van der Waals surface area contributed by atoms with E-state index in [1.54, 1.807) is 0 Å². The molecule has 148 valence electrons. The van der Waals surface area contributed by atoms with Gasteiger partial charge < -0.3 is 9.47 Å². The summed E-state index contributed by atoms with van der Waals surface area (Å²) in [6.07, 6.45) is 0. The maximum Gasteiger partial charge on any atom is 0.323 e. The van der Waals surface area contributed by atoms with Crippen LogP contribution in [0.3, 0.4) is 0 Å². The summed E-state index contributed by atoms with van der Waals surface area (Å²) in [5.41, 5.74) is 1.22. The Morgan fingerprint density at radius 3 is 1.89 bits per heavy atom. The van der Waals surface area contributed by atoms with Crippen molar-refractivity contribution in [1.82, 2.24) is 5.32 Å². The molecule has 3 rings (SSSR count). The Morgan fingerprint density at radius 2 is 1.39 bits per heavy atom. The first-order valence-corrected chi connectivity index (χ1v) is 9.48. The summed E-state index contributed by atoms with van der Waals surface area (Å²) in [5, 5.41) is 3.35. The normalized spacial score (nSPS) is 24.6. The molecule has 1 aliphatic rings. The van der Waals surface area contributed by atoms with Gasteiger partial charge in [-0.15, -0.1) is 0 Å². The van der Waals surface area contributed by atoms with Crippen molar-refractivity contribution in [3.05, 3.63) is 71.8 Å². The fourth-order valence-corrected chi connectivity index (χ4v) is 3.85. The molecule has 0 aliphatic carbocycles. The Morgan fingerprint density at radius 1 is 0.857 bits per heavy atom. The molecule has 1 aliphatic heterocycles. The fourth-order valence-electron chi connectivity index (χ4n) is 3.85. The molecule has 1 N–H and O–H groups in total. The lowest BCUT2D eigenvalue weighted by molar-refractivity contribution is -0.161. The number of carbonyl (C=O) groups excluding carboxylic acids is 2. The van der Waals surface area contributed by atoms with E-state index in [4.69, 9.17) is 9.47 Å². The van der Waals surface area contributed by atoms with Gasteiger partial charge in [-0.1, -0.05) is 60.7 Å². The smallest absolute Gasteiger partial charge is 0.323 e. The third kappa shape index (κ3) is 4.25. The molecule has 1 saturated heterocycles. The Kier molecular flexibility index (Phi) is 5.84. The van der Waals surface area contributed by atoms with Gasteiger partial charge in [0.1, 0.15) is 11.6 Å². The first-order chi connectivity index (χ1) is 13.3. The molecule has 28 heavy (non-hydrogen) atoms. The number of esters is 2. The summed E-state index contributed by atoms with van der Waals surface area (Å²) in [7, 11) is 1.37. The van der Waals surface area contributed by atoms with E-state index in [0.717, 1.165) is 11.1 Å². The quantitative estimate of drug-likeness (QED) is 0.820. The molecule has 0 aromatic heterocycles. The van der Waals surface area contributed by atoms with E-state index in [1.165, 1.54) is 7.11 Å². The number of methoxy groups -OCH3 is 1. The summed E-state index contributed by atoms with van der Waals surface area (Å²) in [6, 6.07) is 18.3. The van der Waals surface area contributed by atoms with Crippen molar-refractivity contribution in [3.8, 4) is 0 Å². The maximum atomic E-state index is 13.3. The van der Waals surface area contributed by atoms with E-state index in [2.05, 4.69) is 5.32 Å². The number of carbonyl (C=O) groups is 2. The standard InChI is InChI=1S/C23H27NO4/c1-23(2,3)28-21(25)18-17(15-11-7-5-8-12-15)20(22(26)27-4)24-19(18)16-13-9-6-10-14-16/h5-14,17-20,24H,1-4H3/t17?,18?,19-,20-/m1/s1. The summed E-state index contributed by atoms with van der Waals surface area (Å²) < 4.78 is 10.8. The zero-order valence-electron chi connectivity index (χ0n) is 16.7. The molecule has 5 heteroatoms. The first kappa shape index (κ1) is 20.1. The van der Waals surface area contributed by atoms with Crippen molar-refractivity contribution < 1.29 is 19.1 Å². The van der Waals surface area contributed by atoms with Crippen LogP contribution in [0.2, 0.25) is 0 Å². The van der Waals surface area contributed by atoms with Gasteiger partial charge in [0.15, 0.2) is 0 Å². The molecular weight excluding hydrogens is 354 g/mol. The second-order valence-electron chi connectivity index (χ2n) is 8.05. The Labute approximate surface area is 166 Å². The van der Waals surface area contributed by atoms with Gasteiger partial charge in [0, 0.05) is 12.0 Å². The summed E-state index contributed by atoms with van der Waals surface area (Å²) >= 11 is 0. The van der Waals surface area contributed by atoms with Crippen LogP contribution >= 0.6 is 0 Å². The minimum atomic E-state index is -0.643. The van der Waals surface area contributed by atoms with E-state index < -0.39 is 23.5 Å². The van der Waals surface area contributed by atoms with Crippen LogP contribution in [-0.4, -0.2) is 30.7 Å².